The van der Waals surface area contributed by atoms with Crippen molar-refractivity contribution in [3.63, 3.8) is 0 Å². The van der Waals surface area contributed by atoms with Crippen LogP contribution in [0.1, 0.15) is 31.1 Å². The Morgan fingerprint density at radius 3 is 3.06 bits per heavy atom. The van der Waals surface area contributed by atoms with Crippen LogP contribution in [0.15, 0.2) is 12.1 Å². The van der Waals surface area contributed by atoms with Crippen molar-refractivity contribution < 1.29 is 4.74 Å². The Morgan fingerprint density at radius 2 is 2.50 bits per heavy atom. The number of hydrogen-bond acceptors (Lipinski definition) is 3. The number of nitrogens with one attached hydrogen (secondary N) is 1. The molecule has 2 rings (SSSR count). The van der Waals surface area contributed by atoms with Crippen LogP contribution in [-0.4, -0.2) is 18.8 Å². The van der Waals surface area contributed by atoms with E-state index in [-0.39, 0.29) is 0 Å². The molecule has 16 heavy (non-hydrogen) atoms. The molecule has 0 radical (unpaired) electrons. The van der Waals surface area contributed by atoms with Gasteiger partial charge < -0.3 is 10.1 Å². The highest BCUT2D eigenvalue weighted by atomic mass is 35.5. The van der Waals surface area contributed by atoms with Gasteiger partial charge >= 0.3 is 0 Å². The molecule has 1 aliphatic rings. The second kappa shape index (κ2) is 6.01. The quantitative estimate of drug-likeness (QED) is 0.875. The Labute approximate surface area is 106 Å². The van der Waals surface area contributed by atoms with Gasteiger partial charge in [-0.05, 0) is 31.4 Å². The second-order valence-electron chi connectivity index (χ2n) is 4.15. The standard InChI is InChI=1S/C12H18ClNOS/c1-2-10(11-4-3-7-15-11)14-8-9-5-6-12(13)16-9/h5-6,10-11,14H,2-4,7-8H2,1H3. The number of thiophene rings is 1. The fourth-order valence-corrected chi connectivity index (χ4v) is 3.18. The molecule has 0 saturated carbocycles. The molecular weight excluding hydrogens is 242 g/mol. The fraction of sp³-hybridized carbons (Fsp3) is 0.667. The lowest BCUT2D eigenvalue weighted by atomic mass is 10.1. The van der Waals surface area contributed by atoms with Gasteiger partial charge in [0.2, 0.25) is 0 Å². The first kappa shape index (κ1) is 12.4. The summed E-state index contributed by atoms with van der Waals surface area (Å²) in [4.78, 5) is 1.29. The molecule has 2 unspecified atom stereocenters. The third-order valence-corrected chi connectivity index (χ3v) is 4.25. The monoisotopic (exact) mass is 259 g/mol. The van der Waals surface area contributed by atoms with Crippen molar-refractivity contribution in [2.24, 2.45) is 0 Å². The molecule has 1 aliphatic heterocycles. The Balaban J connectivity index is 1.82. The summed E-state index contributed by atoms with van der Waals surface area (Å²) in [6.45, 7) is 4.03. The van der Waals surface area contributed by atoms with Crippen molar-refractivity contribution in [3.8, 4) is 0 Å². The van der Waals surface area contributed by atoms with Gasteiger partial charge in [-0.1, -0.05) is 18.5 Å². The van der Waals surface area contributed by atoms with Crippen molar-refractivity contribution in [2.75, 3.05) is 6.61 Å². The van der Waals surface area contributed by atoms with Crippen LogP contribution in [0.2, 0.25) is 4.34 Å². The van der Waals surface area contributed by atoms with E-state index in [1.807, 2.05) is 6.07 Å². The first-order valence-corrected chi connectivity index (χ1v) is 7.08. The molecule has 0 spiro atoms. The van der Waals surface area contributed by atoms with Crippen LogP contribution in [0.5, 0.6) is 0 Å². The van der Waals surface area contributed by atoms with Crippen molar-refractivity contribution in [3.05, 3.63) is 21.3 Å². The zero-order chi connectivity index (χ0) is 11.4. The van der Waals surface area contributed by atoms with E-state index in [2.05, 4.69) is 18.3 Å². The van der Waals surface area contributed by atoms with Crippen molar-refractivity contribution >= 4 is 22.9 Å². The average Bonchev–Trinajstić information content (AvgIpc) is 2.91. The molecule has 90 valence electrons. The first-order chi connectivity index (χ1) is 7.79. The van der Waals surface area contributed by atoms with Gasteiger partial charge in [-0.2, -0.15) is 0 Å². The summed E-state index contributed by atoms with van der Waals surface area (Å²) in [6, 6.07) is 4.52. The predicted molar refractivity (Wildman–Crippen MR) is 69.2 cm³/mol. The summed E-state index contributed by atoms with van der Waals surface area (Å²) in [5, 5.41) is 3.57. The summed E-state index contributed by atoms with van der Waals surface area (Å²) < 4.78 is 6.58. The van der Waals surface area contributed by atoms with Crippen molar-refractivity contribution in [1.29, 1.82) is 0 Å². The normalized spacial score (nSPS) is 22.5. The predicted octanol–water partition coefficient (Wildman–Crippen LogP) is 3.45. The van der Waals surface area contributed by atoms with Gasteiger partial charge in [-0.15, -0.1) is 11.3 Å². The van der Waals surface area contributed by atoms with E-state index in [0.717, 1.165) is 23.9 Å². The van der Waals surface area contributed by atoms with Crippen LogP contribution in [0.25, 0.3) is 0 Å². The van der Waals surface area contributed by atoms with Gasteiger partial charge in [0.05, 0.1) is 10.4 Å². The van der Waals surface area contributed by atoms with E-state index < -0.39 is 0 Å². The molecule has 0 aliphatic carbocycles. The summed E-state index contributed by atoms with van der Waals surface area (Å²) in [6.07, 6.45) is 3.91. The van der Waals surface area contributed by atoms with E-state index in [1.54, 1.807) is 11.3 Å². The average molecular weight is 260 g/mol. The second-order valence-corrected chi connectivity index (χ2v) is 5.95. The topological polar surface area (TPSA) is 21.3 Å². The molecule has 4 heteroatoms. The van der Waals surface area contributed by atoms with Crippen molar-refractivity contribution in [2.45, 2.75) is 44.9 Å². The number of halogens is 1. The molecule has 1 fully saturated rings. The largest absolute Gasteiger partial charge is 0.377 e. The Morgan fingerprint density at radius 1 is 1.62 bits per heavy atom. The number of rotatable bonds is 5. The van der Waals surface area contributed by atoms with Crippen LogP contribution in [0.3, 0.4) is 0 Å². The van der Waals surface area contributed by atoms with Gasteiger partial charge in [0.1, 0.15) is 0 Å². The third kappa shape index (κ3) is 3.20. The molecule has 2 atom stereocenters. The molecule has 0 amide bonds. The molecule has 1 saturated heterocycles. The number of ether oxygens (including phenoxy) is 1. The Kier molecular flexibility index (Phi) is 4.65. The maximum Gasteiger partial charge on any atom is 0.0931 e. The highest BCUT2D eigenvalue weighted by Gasteiger charge is 2.23. The Bertz CT molecular complexity index is 323. The molecule has 0 bridgehead atoms. The van der Waals surface area contributed by atoms with Crippen LogP contribution >= 0.6 is 22.9 Å². The van der Waals surface area contributed by atoms with E-state index in [0.29, 0.717) is 12.1 Å². The fourth-order valence-electron chi connectivity index (χ4n) is 2.14. The SMILES string of the molecule is CCC(NCc1ccc(Cl)s1)C1CCCO1. The van der Waals surface area contributed by atoms with Gasteiger partial charge in [0.25, 0.3) is 0 Å². The molecule has 2 heterocycles. The lowest BCUT2D eigenvalue weighted by molar-refractivity contribution is 0.0765. The minimum Gasteiger partial charge on any atom is -0.377 e. The van der Waals surface area contributed by atoms with Gasteiger partial charge in [0, 0.05) is 24.1 Å². The zero-order valence-corrected chi connectivity index (χ0v) is 11.1. The minimum atomic E-state index is 0.403. The van der Waals surface area contributed by atoms with Gasteiger partial charge in [0.15, 0.2) is 0 Å². The molecule has 1 aromatic rings. The smallest absolute Gasteiger partial charge is 0.0931 e. The summed E-state index contributed by atoms with van der Waals surface area (Å²) in [7, 11) is 0. The maximum atomic E-state index is 5.90. The molecular formula is C12H18ClNOS. The molecule has 0 aromatic carbocycles. The van der Waals surface area contributed by atoms with Crippen LogP contribution in [0.4, 0.5) is 0 Å². The van der Waals surface area contributed by atoms with E-state index in [1.165, 1.54) is 17.7 Å². The highest BCUT2D eigenvalue weighted by molar-refractivity contribution is 7.16. The van der Waals surface area contributed by atoms with Crippen LogP contribution in [-0.2, 0) is 11.3 Å². The van der Waals surface area contributed by atoms with E-state index in [4.69, 9.17) is 16.3 Å². The lowest BCUT2D eigenvalue weighted by Crippen LogP contribution is -2.38. The summed E-state index contributed by atoms with van der Waals surface area (Å²) in [5.41, 5.74) is 0. The summed E-state index contributed by atoms with van der Waals surface area (Å²) >= 11 is 7.55. The summed E-state index contributed by atoms with van der Waals surface area (Å²) in [5.74, 6) is 0. The number of hydrogen-bond donors (Lipinski definition) is 1. The molecule has 1 N–H and O–H groups in total. The zero-order valence-electron chi connectivity index (χ0n) is 9.54. The maximum absolute atomic E-state index is 5.90. The van der Waals surface area contributed by atoms with Crippen molar-refractivity contribution in [1.82, 2.24) is 5.32 Å². The van der Waals surface area contributed by atoms with E-state index in [9.17, 15) is 0 Å². The molecule has 1 aromatic heterocycles. The third-order valence-electron chi connectivity index (χ3n) is 3.02. The Hall–Kier alpha value is -0.0900. The van der Waals surface area contributed by atoms with Crippen LogP contribution in [0, 0.1) is 0 Å². The minimum absolute atomic E-state index is 0.403. The van der Waals surface area contributed by atoms with E-state index >= 15 is 0 Å². The molecule has 2 nitrogen and oxygen atoms in total. The van der Waals surface area contributed by atoms with Gasteiger partial charge in [-0.25, -0.2) is 0 Å². The highest BCUT2D eigenvalue weighted by Crippen LogP contribution is 2.22. The lowest BCUT2D eigenvalue weighted by Gasteiger charge is -2.22. The van der Waals surface area contributed by atoms with Crippen LogP contribution < -0.4 is 5.32 Å². The first-order valence-electron chi connectivity index (χ1n) is 5.89. The van der Waals surface area contributed by atoms with Gasteiger partial charge in [-0.3, -0.25) is 0 Å².